The van der Waals surface area contributed by atoms with Gasteiger partial charge in [-0.15, -0.1) is 0 Å². The van der Waals surface area contributed by atoms with Crippen LogP contribution in [0.15, 0.2) is 30.5 Å². The standard InChI is InChI=1S/C15H17N3/c1-2-16-15-17-10-12-8-5-7-11-6-3-4-9-13(11)14(12)18-15/h3-4,6,9-10H,2,5,7-8H2,1H3,(H,16,17,18). The summed E-state index contributed by atoms with van der Waals surface area (Å²) in [5, 5.41) is 3.19. The second-order valence-electron chi connectivity index (χ2n) is 4.61. The first-order valence-electron chi connectivity index (χ1n) is 6.56. The van der Waals surface area contributed by atoms with Gasteiger partial charge in [0.15, 0.2) is 0 Å². The molecule has 1 aromatic carbocycles. The topological polar surface area (TPSA) is 37.8 Å². The second kappa shape index (κ2) is 4.77. The molecule has 3 rings (SSSR count). The lowest BCUT2D eigenvalue weighted by molar-refractivity contribution is 0.829. The van der Waals surface area contributed by atoms with Crippen molar-refractivity contribution in [2.45, 2.75) is 26.2 Å². The Morgan fingerprint density at radius 2 is 2.00 bits per heavy atom. The SMILES string of the molecule is CCNc1ncc2c(n1)-c1ccccc1CCC2. The van der Waals surface area contributed by atoms with E-state index in [0.717, 1.165) is 31.0 Å². The number of benzene rings is 1. The molecule has 0 fully saturated rings. The second-order valence-corrected chi connectivity index (χ2v) is 4.61. The summed E-state index contributed by atoms with van der Waals surface area (Å²) in [6.07, 6.45) is 5.34. The Balaban J connectivity index is 2.14. The first kappa shape index (κ1) is 11.2. The van der Waals surface area contributed by atoms with Gasteiger partial charge in [0.2, 0.25) is 5.95 Å². The number of aryl methyl sites for hydroxylation is 2. The Hall–Kier alpha value is -1.90. The first-order chi connectivity index (χ1) is 8.88. The summed E-state index contributed by atoms with van der Waals surface area (Å²) in [5.41, 5.74) is 5.04. The minimum absolute atomic E-state index is 0.730. The molecule has 0 atom stereocenters. The van der Waals surface area contributed by atoms with Gasteiger partial charge in [-0.1, -0.05) is 24.3 Å². The van der Waals surface area contributed by atoms with E-state index in [1.54, 1.807) is 0 Å². The van der Waals surface area contributed by atoms with E-state index in [0.29, 0.717) is 0 Å². The zero-order valence-corrected chi connectivity index (χ0v) is 10.6. The minimum Gasteiger partial charge on any atom is -0.354 e. The summed E-state index contributed by atoms with van der Waals surface area (Å²) < 4.78 is 0. The summed E-state index contributed by atoms with van der Waals surface area (Å²) in [4.78, 5) is 9.06. The van der Waals surface area contributed by atoms with E-state index in [4.69, 9.17) is 0 Å². The van der Waals surface area contributed by atoms with Gasteiger partial charge in [0.1, 0.15) is 0 Å². The lowest BCUT2D eigenvalue weighted by atomic mass is 10.0. The smallest absolute Gasteiger partial charge is 0.223 e. The molecule has 0 bridgehead atoms. The monoisotopic (exact) mass is 239 g/mol. The predicted octanol–water partition coefficient (Wildman–Crippen LogP) is 3.06. The van der Waals surface area contributed by atoms with Gasteiger partial charge in [-0.25, -0.2) is 9.97 Å². The summed E-state index contributed by atoms with van der Waals surface area (Å²) in [7, 11) is 0. The van der Waals surface area contributed by atoms with Gasteiger partial charge in [0, 0.05) is 18.3 Å². The van der Waals surface area contributed by atoms with Gasteiger partial charge in [-0.3, -0.25) is 0 Å². The van der Waals surface area contributed by atoms with Crippen molar-refractivity contribution < 1.29 is 0 Å². The quantitative estimate of drug-likeness (QED) is 0.875. The Kier molecular flexibility index (Phi) is 2.97. The van der Waals surface area contributed by atoms with Crippen LogP contribution >= 0.6 is 0 Å². The molecule has 0 radical (unpaired) electrons. The lowest BCUT2D eigenvalue weighted by Gasteiger charge is -2.09. The summed E-state index contributed by atoms with van der Waals surface area (Å²) in [6, 6.07) is 8.57. The van der Waals surface area contributed by atoms with Crippen molar-refractivity contribution >= 4 is 5.95 Å². The molecule has 3 heteroatoms. The van der Waals surface area contributed by atoms with Gasteiger partial charge in [-0.2, -0.15) is 0 Å². The molecule has 3 nitrogen and oxygen atoms in total. The number of aromatic nitrogens is 2. The fourth-order valence-electron chi connectivity index (χ4n) is 2.50. The van der Waals surface area contributed by atoms with Gasteiger partial charge in [0.25, 0.3) is 0 Å². The van der Waals surface area contributed by atoms with Crippen LogP contribution in [0.4, 0.5) is 5.95 Å². The van der Waals surface area contributed by atoms with Gasteiger partial charge in [0.05, 0.1) is 5.69 Å². The highest BCUT2D eigenvalue weighted by molar-refractivity contribution is 5.68. The molecule has 92 valence electrons. The van der Waals surface area contributed by atoms with Crippen LogP contribution in [0.3, 0.4) is 0 Å². The van der Waals surface area contributed by atoms with Crippen molar-refractivity contribution in [2.75, 3.05) is 11.9 Å². The van der Waals surface area contributed by atoms with Crippen LogP contribution in [0.1, 0.15) is 24.5 Å². The van der Waals surface area contributed by atoms with Crippen molar-refractivity contribution in [3.05, 3.63) is 41.6 Å². The van der Waals surface area contributed by atoms with Crippen LogP contribution in [-0.2, 0) is 12.8 Å². The van der Waals surface area contributed by atoms with Crippen LogP contribution < -0.4 is 5.32 Å². The Labute approximate surface area is 107 Å². The van der Waals surface area contributed by atoms with E-state index in [9.17, 15) is 0 Å². The van der Waals surface area contributed by atoms with E-state index < -0.39 is 0 Å². The predicted molar refractivity (Wildman–Crippen MR) is 73.7 cm³/mol. The number of nitrogens with one attached hydrogen (secondary N) is 1. The van der Waals surface area contributed by atoms with Crippen LogP contribution in [-0.4, -0.2) is 16.5 Å². The highest BCUT2D eigenvalue weighted by atomic mass is 15.1. The Morgan fingerprint density at radius 3 is 2.89 bits per heavy atom. The van der Waals surface area contributed by atoms with Crippen LogP contribution in [0.5, 0.6) is 0 Å². The maximum atomic E-state index is 4.68. The van der Waals surface area contributed by atoms with E-state index in [1.807, 2.05) is 6.20 Å². The molecule has 0 saturated carbocycles. The van der Waals surface area contributed by atoms with E-state index in [2.05, 4.69) is 46.5 Å². The third kappa shape index (κ3) is 1.96. The Morgan fingerprint density at radius 1 is 1.17 bits per heavy atom. The summed E-state index contributed by atoms with van der Waals surface area (Å²) in [5.74, 6) is 0.730. The molecular formula is C15H17N3. The van der Waals surface area contributed by atoms with E-state index >= 15 is 0 Å². The molecule has 1 N–H and O–H groups in total. The molecule has 18 heavy (non-hydrogen) atoms. The third-order valence-electron chi connectivity index (χ3n) is 3.36. The summed E-state index contributed by atoms with van der Waals surface area (Å²) >= 11 is 0. The van der Waals surface area contributed by atoms with Crippen LogP contribution in [0, 0.1) is 0 Å². The molecule has 0 spiro atoms. The molecule has 0 unspecified atom stereocenters. The molecule has 1 aliphatic rings. The van der Waals surface area contributed by atoms with Crippen molar-refractivity contribution in [3.8, 4) is 11.3 Å². The molecule has 0 aliphatic heterocycles. The molecule has 2 aromatic rings. The largest absolute Gasteiger partial charge is 0.354 e. The van der Waals surface area contributed by atoms with Crippen molar-refractivity contribution in [2.24, 2.45) is 0 Å². The highest BCUT2D eigenvalue weighted by Gasteiger charge is 2.16. The fraction of sp³-hybridized carbons (Fsp3) is 0.333. The number of hydrogen-bond donors (Lipinski definition) is 1. The van der Waals surface area contributed by atoms with E-state index in [1.165, 1.54) is 23.1 Å². The third-order valence-corrected chi connectivity index (χ3v) is 3.36. The minimum atomic E-state index is 0.730. The first-order valence-corrected chi connectivity index (χ1v) is 6.56. The summed E-state index contributed by atoms with van der Waals surface area (Å²) in [6.45, 7) is 2.91. The molecule has 1 aliphatic carbocycles. The lowest BCUT2D eigenvalue weighted by Crippen LogP contribution is -2.04. The van der Waals surface area contributed by atoms with Gasteiger partial charge >= 0.3 is 0 Å². The number of hydrogen-bond acceptors (Lipinski definition) is 3. The number of rotatable bonds is 2. The van der Waals surface area contributed by atoms with Crippen molar-refractivity contribution in [3.63, 3.8) is 0 Å². The van der Waals surface area contributed by atoms with Gasteiger partial charge < -0.3 is 5.32 Å². The van der Waals surface area contributed by atoms with Crippen molar-refractivity contribution in [1.82, 2.24) is 9.97 Å². The average Bonchev–Trinajstić information content (AvgIpc) is 2.58. The van der Waals surface area contributed by atoms with Gasteiger partial charge in [-0.05, 0) is 37.3 Å². The van der Waals surface area contributed by atoms with Crippen LogP contribution in [0.2, 0.25) is 0 Å². The fourth-order valence-corrected chi connectivity index (χ4v) is 2.50. The number of nitrogens with zero attached hydrogens (tertiary/aromatic N) is 2. The average molecular weight is 239 g/mol. The maximum Gasteiger partial charge on any atom is 0.223 e. The zero-order chi connectivity index (χ0) is 12.4. The molecule has 0 amide bonds. The van der Waals surface area contributed by atoms with E-state index in [-0.39, 0.29) is 0 Å². The highest BCUT2D eigenvalue weighted by Crippen LogP contribution is 2.30. The normalized spacial score (nSPS) is 13.4. The number of anilines is 1. The molecule has 1 aromatic heterocycles. The molecule has 0 saturated heterocycles. The number of fused-ring (bicyclic) bond motifs is 3. The Bertz CT molecular complexity index is 563. The van der Waals surface area contributed by atoms with Crippen LogP contribution in [0.25, 0.3) is 11.3 Å². The zero-order valence-electron chi connectivity index (χ0n) is 10.6. The molecular weight excluding hydrogens is 222 g/mol. The van der Waals surface area contributed by atoms with Crippen molar-refractivity contribution in [1.29, 1.82) is 0 Å². The molecule has 1 heterocycles. The maximum absolute atomic E-state index is 4.68.